The first-order valence-electron chi connectivity index (χ1n) is 7.10. The van der Waals surface area contributed by atoms with E-state index in [0.717, 1.165) is 6.42 Å². The van der Waals surface area contributed by atoms with Crippen molar-refractivity contribution in [2.75, 3.05) is 19.7 Å². The van der Waals surface area contributed by atoms with Gasteiger partial charge >= 0.3 is 0 Å². The first kappa shape index (κ1) is 16.0. The van der Waals surface area contributed by atoms with Crippen LogP contribution in [0.2, 0.25) is 0 Å². The molecule has 5 heteroatoms. The number of rotatable bonds is 6. The van der Waals surface area contributed by atoms with E-state index in [2.05, 4.69) is 19.2 Å². The van der Waals surface area contributed by atoms with Crippen molar-refractivity contribution < 1.29 is 14.3 Å². The minimum Gasteiger partial charge on any atom is -0.378 e. The molecule has 2 atom stereocenters. The van der Waals surface area contributed by atoms with Crippen molar-refractivity contribution >= 4 is 11.8 Å². The lowest BCUT2D eigenvalue weighted by atomic mass is 10.1. The average Bonchev–Trinajstić information content (AvgIpc) is 2.31. The number of carbonyl (C=O) groups is 2. The summed E-state index contributed by atoms with van der Waals surface area (Å²) in [7, 11) is 0. The molecule has 1 aliphatic heterocycles. The van der Waals surface area contributed by atoms with E-state index in [4.69, 9.17) is 4.74 Å². The molecule has 1 saturated heterocycles. The van der Waals surface area contributed by atoms with Crippen molar-refractivity contribution in [1.82, 2.24) is 10.2 Å². The molecule has 19 heavy (non-hydrogen) atoms. The van der Waals surface area contributed by atoms with E-state index in [1.165, 1.54) is 0 Å². The number of nitrogens with zero attached hydrogens (tertiary/aromatic N) is 1. The fraction of sp³-hybridized carbons (Fsp3) is 0.857. The molecule has 0 aromatic rings. The molecule has 110 valence electrons. The Kier molecular flexibility index (Phi) is 6.28. The zero-order valence-corrected chi connectivity index (χ0v) is 12.4. The van der Waals surface area contributed by atoms with Crippen LogP contribution in [0.5, 0.6) is 0 Å². The quantitative estimate of drug-likeness (QED) is 0.788. The Bertz CT molecular complexity index is 318. The minimum atomic E-state index is -0.366. The molecule has 1 aliphatic rings. The minimum absolute atomic E-state index is 0.000836. The van der Waals surface area contributed by atoms with Gasteiger partial charge in [0.05, 0.1) is 19.1 Å². The number of nitrogens with one attached hydrogen (secondary N) is 1. The van der Waals surface area contributed by atoms with Crippen LogP contribution in [-0.2, 0) is 14.3 Å². The summed E-state index contributed by atoms with van der Waals surface area (Å²) in [6, 6.07) is -0.366. The van der Waals surface area contributed by atoms with Crippen LogP contribution in [0.4, 0.5) is 0 Å². The fourth-order valence-corrected chi connectivity index (χ4v) is 2.35. The maximum atomic E-state index is 12.0. The zero-order chi connectivity index (χ0) is 14.4. The van der Waals surface area contributed by atoms with Crippen LogP contribution in [0.15, 0.2) is 0 Å². The molecule has 2 amide bonds. The molecule has 0 aliphatic carbocycles. The van der Waals surface area contributed by atoms with Crippen molar-refractivity contribution in [2.24, 2.45) is 5.92 Å². The third-order valence-electron chi connectivity index (χ3n) is 3.34. The highest BCUT2D eigenvalue weighted by molar-refractivity contribution is 5.88. The Morgan fingerprint density at radius 1 is 1.47 bits per heavy atom. The van der Waals surface area contributed by atoms with E-state index in [1.807, 2.05) is 6.92 Å². The van der Waals surface area contributed by atoms with Crippen LogP contribution < -0.4 is 5.32 Å². The SMILES string of the molecule is CC(C)CC(C)OCCC(=O)N1CCNC(=O)C1C. The van der Waals surface area contributed by atoms with Gasteiger partial charge in [0.15, 0.2) is 0 Å². The first-order valence-corrected chi connectivity index (χ1v) is 7.10. The zero-order valence-electron chi connectivity index (χ0n) is 12.4. The topological polar surface area (TPSA) is 58.6 Å². The normalized spacial score (nSPS) is 21.4. The first-order chi connectivity index (χ1) is 8.91. The van der Waals surface area contributed by atoms with Gasteiger partial charge < -0.3 is 15.0 Å². The number of ether oxygens (including phenoxy) is 1. The van der Waals surface area contributed by atoms with Crippen molar-refractivity contribution in [3.8, 4) is 0 Å². The predicted molar refractivity (Wildman–Crippen MR) is 73.7 cm³/mol. The van der Waals surface area contributed by atoms with Gasteiger partial charge in [-0.25, -0.2) is 0 Å². The summed E-state index contributed by atoms with van der Waals surface area (Å²) in [5, 5.41) is 2.75. The highest BCUT2D eigenvalue weighted by Gasteiger charge is 2.28. The van der Waals surface area contributed by atoms with Gasteiger partial charge in [-0.2, -0.15) is 0 Å². The number of hydrogen-bond acceptors (Lipinski definition) is 3. The summed E-state index contributed by atoms with van der Waals surface area (Å²) < 4.78 is 5.63. The molecule has 1 rings (SSSR count). The molecule has 1 N–H and O–H groups in total. The summed E-state index contributed by atoms with van der Waals surface area (Å²) in [6.07, 6.45) is 1.52. The van der Waals surface area contributed by atoms with Crippen LogP contribution in [-0.4, -0.2) is 48.6 Å². The molecule has 0 saturated carbocycles. The van der Waals surface area contributed by atoms with Gasteiger partial charge in [-0.15, -0.1) is 0 Å². The van der Waals surface area contributed by atoms with Gasteiger partial charge in [0.1, 0.15) is 6.04 Å². The summed E-state index contributed by atoms with van der Waals surface area (Å²) in [4.78, 5) is 25.1. The van der Waals surface area contributed by atoms with E-state index >= 15 is 0 Å². The summed E-state index contributed by atoms with van der Waals surface area (Å²) in [5.41, 5.74) is 0. The predicted octanol–water partition coefficient (Wildman–Crippen LogP) is 1.17. The van der Waals surface area contributed by atoms with Crippen LogP contribution in [0, 0.1) is 5.92 Å². The molecular weight excluding hydrogens is 244 g/mol. The molecule has 1 fully saturated rings. The van der Waals surface area contributed by atoms with E-state index in [9.17, 15) is 9.59 Å². The molecule has 0 spiro atoms. The second-order valence-electron chi connectivity index (χ2n) is 5.62. The Morgan fingerprint density at radius 2 is 2.16 bits per heavy atom. The number of carbonyl (C=O) groups excluding carboxylic acids is 2. The van der Waals surface area contributed by atoms with Crippen LogP contribution in [0.25, 0.3) is 0 Å². The summed E-state index contributed by atoms with van der Waals surface area (Å²) >= 11 is 0. The standard InChI is InChI=1S/C14H26N2O3/c1-10(2)9-11(3)19-8-5-13(17)16-7-6-15-14(18)12(16)4/h10-12H,5-9H2,1-4H3,(H,15,18). The highest BCUT2D eigenvalue weighted by Crippen LogP contribution is 2.10. The Balaban J connectivity index is 2.29. The molecule has 0 aromatic carbocycles. The monoisotopic (exact) mass is 270 g/mol. The maximum absolute atomic E-state index is 12.0. The van der Waals surface area contributed by atoms with E-state index in [-0.39, 0.29) is 24.0 Å². The Morgan fingerprint density at radius 3 is 2.79 bits per heavy atom. The van der Waals surface area contributed by atoms with Gasteiger partial charge in [0.2, 0.25) is 11.8 Å². The fourth-order valence-electron chi connectivity index (χ4n) is 2.35. The Hall–Kier alpha value is -1.10. The third kappa shape index (κ3) is 5.19. The van der Waals surface area contributed by atoms with Gasteiger partial charge in [-0.3, -0.25) is 9.59 Å². The average molecular weight is 270 g/mol. The van der Waals surface area contributed by atoms with Crippen LogP contribution >= 0.6 is 0 Å². The largest absolute Gasteiger partial charge is 0.378 e. The smallest absolute Gasteiger partial charge is 0.242 e. The van der Waals surface area contributed by atoms with Crippen molar-refractivity contribution in [2.45, 2.75) is 52.7 Å². The molecule has 0 radical (unpaired) electrons. The molecule has 0 bridgehead atoms. The summed E-state index contributed by atoms with van der Waals surface area (Å²) in [5.74, 6) is 0.518. The van der Waals surface area contributed by atoms with E-state index in [0.29, 0.717) is 32.0 Å². The summed E-state index contributed by atoms with van der Waals surface area (Å²) in [6.45, 7) is 9.65. The van der Waals surface area contributed by atoms with Crippen LogP contribution in [0.1, 0.15) is 40.5 Å². The lowest BCUT2D eigenvalue weighted by Crippen LogP contribution is -2.56. The second kappa shape index (κ2) is 7.48. The van der Waals surface area contributed by atoms with E-state index in [1.54, 1.807) is 11.8 Å². The van der Waals surface area contributed by atoms with Gasteiger partial charge in [0.25, 0.3) is 0 Å². The number of hydrogen-bond donors (Lipinski definition) is 1. The van der Waals surface area contributed by atoms with E-state index < -0.39 is 0 Å². The maximum Gasteiger partial charge on any atom is 0.242 e. The lowest BCUT2D eigenvalue weighted by Gasteiger charge is -2.33. The molecule has 2 unspecified atom stereocenters. The van der Waals surface area contributed by atoms with Gasteiger partial charge in [-0.1, -0.05) is 13.8 Å². The number of piperazine rings is 1. The van der Waals surface area contributed by atoms with Gasteiger partial charge in [-0.05, 0) is 26.2 Å². The van der Waals surface area contributed by atoms with Crippen molar-refractivity contribution in [1.29, 1.82) is 0 Å². The molecule has 0 aromatic heterocycles. The second-order valence-corrected chi connectivity index (χ2v) is 5.62. The van der Waals surface area contributed by atoms with Crippen LogP contribution in [0.3, 0.4) is 0 Å². The molecule has 1 heterocycles. The van der Waals surface area contributed by atoms with Crippen molar-refractivity contribution in [3.05, 3.63) is 0 Å². The number of amides is 2. The Labute approximate surface area is 115 Å². The molecular formula is C14H26N2O3. The third-order valence-corrected chi connectivity index (χ3v) is 3.34. The lowest BCUT2D eigenvalue weighted by molar-refractivity contribution is -0.143. The highest BCUT2D eigenvalue weighted by atomic mass is 16.5. The van der Waals surface area contributed by atoms with Gasteiger partial charge in [0, 0.05) is 13.1 Å². The van der Waals surface area contributed by atoms with Crippen molar-refractivity contribution in [3.63, 3.8) is 0 Å². The molecule has 5 nitrogen and oxygen atoms in total.